The lowest BCUT2D eigenvalue weighted by molar-refractivity contribution is 0.252. The van der Waals surface area contributed by atoms with E-state index in [1.54, 1.807) is 7.11 Å². The van der Waals surface area contributed by atoms with E-state index in [4.69, 9.17) is 4.74 Å². The van der Waals surface area contributed by atoms with Crippen molar-refractivity contribution in [2.45, 2.75) is 13.3 Å². The highest BCUT2D eigenvalue weighted by Gasteiger charge is 2.04. The lowest BCUT2D eigenvalue weighted by Gasteiger charge is -2.10. The van der Waals surface area contributed by atoms with Crippen molar-refractivity contribution in [1.29, 1.82) is 0 Å². The average Bonchev–Trinajstić information content (AvgIpc) is 2.47. The van der Waals surface area contributed by atoms with Crippen molar-refractivity contribution in [3.05, 3.63) is 59.7 Å². The van der Waals surface area contributed by atoms with Gasteiger partial charge in [-0.3, -0.25) is 0 Å². The first-order valence-corrected chi connectivity index (χ1v) is 6.92. The smallest absolute Gasteiger partial charge is 0.319 e. The summed E-state index contributed by atoms with van der Waals surface area (Å²) in [4.78, 5) is 11.8. The Morgan fingerprint density at radius 2 is 1.95 bits per heavy atom. The fourth-order valence-electron chi connectivity index (χ4n) is 2.12. The maximum atomic E-state index is 11.8. The van der Waals surface area contributed by atoms with Crippen LogP contribution in [0.3, 0.4) is 0 Å². The molecule has 0 unspecified atom stereocenters. The van der Waals surface area contributed by atoms with Gasteiger partial charge in [-0.05, 0) is 42.7 Å². The summed E-state index contributed by atoms with van der Waals surface area (Å²) in [5.41, 5.74) is 2.99. The van der Waals surface area contributed by atoms with Crippen molar-refractivity contribution in [2.75, 3.05) is 19.0 Å². The Morgan fingerprint density at radius 3 is 2.71 bits per heavy atom. The number of aryl methyl sites for hydroxylation is 1. The minimum Gasteiger partial charge on any atom is -0.496 e. The molecular weight excluding hydrogens is 264 g/mol. The summed E-state index contributed by atoms with van der Waals surface area (Å²) in [5.74, 6) is 0.846. The molecule has 0 aromatic heterocycles. The van der Waals surface area contributed by atoms with Crippen LogP contribution in [0.15, 0.2) is 48.5 Å². The Bertz CT molecular complexity index is 611. The number of methoxy groups -OCH3 is 1. The molecule has 2 amide bonds. The van der Waals surface area contributed by atoms with Crippen LogP contribution in [-0.2, 0) is 6.42 Å². The SMILES string of the molecule is COc1ccccc1CCNC(=O)Nc1cccc(C)c1. The molecule has 0 atom stereocenters. The van der Waals surface area contributed by atoms with E-state index in [0.717, 1.165) is 29.0 Å². The molecule has 0 saturated heterocycles. The maximum absolute atomic E-state index is 11.8. The first-order valence-electron chi connectivity index (χ1n) is 6.92. The zero-order chi connectivity index (χ0) is 15.1. The molecule has 0 heterocycles. The van der Waals surface area contributed by atoms with E-state index in [-0.39, 0.29) is 6.03 Å². The molecule has 4 nitrogen and oxygen atoms in total. The number of nitrogens with one attached hydrogen (secondary N) is 2. The van der Waals surface area contributed by atoms with Crippen LogP contribution in [0, 0.1) is 6.92 Å². The van der Waals surface area contributed by atoms with Gasteiger partial charge in [0, 0.05) is 12.2 Å². The van der Waals surface area contributed by atoms with Crippen LogP contribution in [0.25, 0.3) is 0 Å². The van der Waals surface area contributed by atoms with E-state index < -0.39 is 0 Å². The van der Waals surface area contributed by atoms with Crippen LogP contribution in [0.5, 0.6) is 5.75 Å². The maximum Gasteiger partial charge on any atom is 0.319 e. The van der Waals surface area contributed by atoms with Crippen molar-refractivity contribution in [3.8, 4) is 5.75 Å². The quantitative estimate of drug-likeness (QED) is 0.884. The highest BCUT2D eigenvalue weighted by atomic mass is 16.5. The third-order valence-corrected chi connectivity index (χ3v) is 3.15. The summed E-state index contributed by atoms with van der Waals surface area (Å²) in [6.07, 6.45) is 0.727. The van der Waals surface area contributed by atoms with E-state index in [9.17, 15) is 4.79 Å². The lowest BCUT2D eigenvalue weighted by atomic mass is 10.1. The molecule has 0 bridgehead atoms. The molecule has 0 aliphatic heterocycles. The summed E-state index contributed by atoms with van der Waals surface area (Å²) in [7, 11) is 1.65. The first-order chi connectivity index (χ1) is 10.2. The zero-order valence-corrected chi connectivity index (χ0v) is 12.3. The number of hydrogen-bond donors (Lipinski definition) is 2. The molecule has 0 aliphatic carbocycles. The predicted molar refractivity (Wildman–Crippen MR) is 84.9 cm³/mol. The minimum absolute atomic E-state index is 0.199. The molecule has 2 aromatic carbocycles. The first kappa shape index (κ1) is 14.9. The molecular formula is C17H20N2O2. The van der Waals surface area contributed by atoms with Gasteiger partial charge in [0.2, 0.25) is 0 Å². The largest absolute Gasteiger partial charge is 0.496 e. The average molecular weight is 284 g/mol. The fourth-order valence-corrected chi connectivity index (χ4v) is 2.12. The van der Waals surface area contributed by atoms with Gasteiger partial charge in [0.1, 0.15) is 5.75 Å². The van der Waals surface area contributed by atoms with Gasteiger partial charge in [0.15, 0.2) is 0 Å². The topological polar surface area (TPSA) is 50.4 Å². The van der Waals surface area contributed by atoms with Crippen LogP contribution in [0.4, 0.5) is 10.5 Å². The zero-order valence-electron chi connectivity index (χ0n) is 12.3. The third-order valence-electron chi connectivity index (χ3n) is 3.15. The Morgan fingerprint density at radius 1 is 1.14 bits per heavy atom. The number of urea groups is 1. The fraction of sp³-hybridized carbons (Fsp3) is 0.235. The number of carbonyl (C=O) groups is 1. The van der Waals surface area contributed by atoms with Crippen LogP contribution in [0.1, 0.15) is 11.1 Å². The Kier molecular flexibility index (Phi) is 5.21. The molecule has 4 heteroatoms. The van der Waals surface area contributed by atoms with Gasteiger partial charge in [-0.1, -0.05) is 30.3 Å². The molecule has 2 rings (SSSR count). The van der Waals surface area contributed by atoms with Gasteiger partial charge in [-0.15, -0.1) is 0 Å². The summed E-state index contributed by atoms with van der Waals surface area (Å²) in [6, 6.07) is 15.3. The molecule has 2 aromatic rings. The normalized spacial score (nSPS) is 10.0. The summed E-state index contributed by atoms with van der Waals surface area (Å²) < 4.78 is 5.28. The van der Waals surface area contributed by atoms with Crippen molar-refractivity contribution >= 4 is 11.7 Å². The van der Waals surface area contributed by atoms with Crippen LogP contribution in [-0.4, -0.2) is 19.7 Å². The summed E-state index contributed by atoms with van der Waals surface area (Å²) in [5, 5.41) is 5.66. The Balaban J connectivity index is 1.82. The summed E-state index contributed by atoms with van der Waals surface area (Å²) in [6.45, 7) is 2.54. The second-order valence-corrected chi connectivity index (χ2v) is 4.81. The Hall–Kier alpha value is -2.49. The van der Waals surface area contributed by atoms with Gasteiger partial charge in [0.25, 0.3) is 0 Å². The number of para-hydroxylation sites is 1. The number of rotatable bonds is 5. The second kappa shape index (κ2) is 7.33. The van der Waals surface area contributed by atoms with E-state index in [0.29, 0.717) is 6.54 Å². The van der Waals surface area contributed by atoms with Crippen LogP contribution < -0.4 is 15.4 Å². The van der Waals surface area contributed by atoms with Crippen molar-refractivity contribution in [2.24, 2.45) is 0 Å². The monoisotopic (exact) mass is 284 g/mol. The number of amides is 2. The predicted octanol–water partition coefficient (Wildman–Crippen LogP) is 3.37. The van der Waals surface area contributed by atoms with E-state index in [1.165, 1.54) is 0 Å². The van der Waals surface area contributed by atoms with Gasteiger partial charge in [-0.2, -0.15) is 0 Å². The number of hydrogen-bond acceptors (Lipinski definition) is 2. The second-order valence-electron chi connectivity index (χ2n) is 4.81. The van der Waals surface area contributed by atoms with Gasteiger partial charge in [-0.25, -0.2) is 4.79 Å². The van der Waals surface area contributed by atoms with Crippen LogP contribution >= 0.6 is 0 Å². The molecule has 110 valence electrons. The lowest BCUT2D eigenvalue weighted by Crippen LogP contribution is -2.30. The van der Waals surface area contributed by atoms with Gasteiger partial charge < -0.3 is 15.4 Å². The minimum atomic E-state index is -0.199. The van der Waals surface area contributed by atoms with E-state index in [2.05, 4.69) is 10.6 Å². The van der Waals surface area contributed by atoms with Crippen molar-refractivity contribution < 1.29 is 9.53 Å². The third kappa shape index (κ3) is 4.53. The molecule has 0 fully saturated rings. The molecule has 0 spiro atoms. The molecule has 21 heavy (non-hydrogen) atoms. The van der Waals surface area contributed by atoms with Crippen LogP contribution in [0.2, 0.25) is 0 Å². The standard InChI is InChI=1S/C17H20N2O2/c1-13-6-5-8-15(12-13)19-17(20)18-11-10-14-7-3-4-9-16(14)21-2/h3-9,12H,10-11H2,1-2H3,(H2,18,19,20). The number of carbonyl (C=O) groups excluding carboxylic acids is 1. The highest BCUT2D eigenvalue weighted by Crippen LogP contribution is 2.17. The summed E-state index contributed by atoms with van der Waals surface area (Å²) >= 11 is 0. The molecule has 2 N–H and O–H groups in total. The van der Waals surface area contributed by atoms with Gasteiger partial charge in [0.05, 0.1) is 7.11 Å². The number of ether oxygens (including phenoxy) is 1. The molecule has 0 saturated carbocycles. The number of anilines is 1. The van der Waals surface area contributed by atoms with Crippen molar-refractivity contribution in [1.82, 2.24) is 5.32 Å². The molecule has 0 radical (unpaired) electrons. The van der Waals surface area contributed by atoms with E-state index in [1.807, 2.05) is 55.5 Å². The Labute approximate surface area is 125 Å². The molecule has 0 aliphatic rings. The van der Waals surface area contributed by atoms with Gasteiger partial charge >= 0.3 is 6.03 Å². The number of benzene rings is 2. The van der Waals surface area contributed by atoms with E-state index >= 15 is 0 Å². The highest BCUT2D eigenvalue weighted by molar-refractivity contribution is 5.89. The van der Waals surface area contributed by atoms with Crippen molar-refractivity contribution in [3.63, 3.8) is 0 Å².